The first-order valence-corrected chi connectivity index (χ1v) is 22.1. The summed E-state index contributed by atoms with van der Waals surface area (Å²) in [6, 6.07) is 79.7. The number of nitrogens with zero attached hydrogens (tertiary/aromatic N) is 3. The molecule has 0 atom stereocenters. The number of hydrogen-bond donors (Lipinski definition) is 0. The summed E-state index contributed by atoms with van der Waals surface area (Å²) < 4.78 is 2.55. The van der Waals surface area contributed by atoms with E-state index < -0.39 is 0 Å². The highest BCUT2D eigenvalue weighted by molar-refractivity contribution is 7.26. The topological polar surface area (TPSA) is 38.7 Å². The normalized spacial score (nSPS) is 11.5. The molecule has 0 saturated heterocycles. The number of benzene rings is 9. The fraction of sp³-hybridized carbons (Fsp3) is 0. The number of pyridine rings is 1. The molecule has 0 spiro atoms. The Labute approximate surface area is 369 Å². The first kappa shape index (κ1) is 36.8. The molecule has 0 saturated carbocycles. The minimum Gasteiger partial charge on any atom is -0.247 e. The van der Waals surface area contributed by atoms with E-state index in [1.807, 2.05) is 23.5 Å². The van der Waals surface area contributed by atoms with Crippen molar-refractivity contribution in [3.63, 3.8) is 0 Å². The second-order valence-electron chi connectivity index (χ2n) is 16.0. The van der Waals surface area contributed by atoms with Gasteiger partial charge in [-0.15, -0.1) is 11.3 Å². The molecule has 0 aliphatic carbocycles. The lowest BCUT2D eigenvalue weighted by Crippen LogP contribution is -1.96. The Morgan fingerprint density at radius 1 is 0.302 bits per heavy atom. The molecule has 12 rings (SSSR count). The van der Waals surface area contributed by atoms with Gasteiger partial charge in [0.1, 0.15) is 0 Å². The fourth-order valence-electron chi connectivity index (χ4n) is 8.82. The summed E-state index contributed by atoms with van der Waals surface area (Å²) in [5, 5.41) is 6.08. The van der Waals surface area contributed by atoms with Gasteiger partial charge in [-0.1, -0.05) is 194 Å². The van der Waals surface area contributed by atoms with Gasteiger partial charge in [-0.25, -0.2) is 15.0 Å². The van der Waals surface area contributed by atoms with Gasteiger partial charge in [0.05, 0.1) is 22.6 Å². The first-order chi connectivity index (χ1) is 31.2. The van der Waals surface area contributed by atoms with Crippen LogP contribution in [0, 0.1) is 0 Å². The molecule has 9 aromatic carbocycles. The minimum atomic E-state index is 0.689. The van der Waals surface area contributed by atoms with Crippen LogP contribution in [0.4, 0.5) is 0 Å². The van der Waals surface area contributed by atoms with Crippen molar-refractivity contribution in [1.29, 1.82) is 0 Å². The Morgan fingerprint density at radius 3 is 1.41 bits per heavy atom. The van der Waals surface area contributed by atoms with Crippen LogP contribution in [0.25, 0.3) is 120 Å². The molecule has 3 aromatic heterocycles. The van der Waals surface area contributed by atoms with Crippen LogP contribution in [0.3, 0.4) is 0 Å². The number of hydrogen-bond acceptors (Lipinski definition) is 4. The highest BCUT2D eigenvalue weighted by atomic mass is 32.1. The number of fused-ring (bicyclic) bond motifs is 6. The molecule has 4 heteroatoms. The Kier molecular flexibility index (Phi) is 9.02. The van der Waals surface area contributed by atoms with Gasteiger partial charge in [0.15, 0.2) is 5.82 Å². The van der Waals surface area contributed by atoms with E-state index in [1.165, 1.54) is 53.0 Å². The summed E-state index contributed by atoms with van der Waals surface area (Å²) in [6.45, 7) is 0. The van der Waals surface area contributed by atoms with Crippen LogP contribution in [0.2, 0.25) is 0 Å². The maximum atomic E-state index is 5.43. The first-order valence-electron chi connectivity index (χ1n) is 21.2. The van der Waals surface area contributed by atoms with Crippen molar-refractivity contribution in [3.8, 4) is 78.5 Å². The van der Waals surface area contributed by atoms with Crippen LogP contribution in [-0.2, 0) is 0 Å². The Morgan fingerprint density at radius 2 is 0.778 bits per heavy atom. The highest BCUT2D eigenvalue weighted by Crippen LogP contribution is 2.44. The molecule has 12 aromatic rings. The third-order valence-electron chi connectivity index (χ3n) is 12.1. The van der Waals surface area contributed by atoms with Gasteiger partial charge in [0.25, 0.3) is 0 Å². The van der Waals surface area contributed by atoms with Crippen LogP contribution in [-0.4, -0.2) is 15.0 Å². The van der Waals surface area contributed by atoms with Gasteiger partial charge < -0.3 is 0 Å². The monoisotopic (exact) mass is 819 g/mol. The minimum absolute atomic E-state index is 0.689. The van der Waals surface area contributed by atoms with Gasteiger partial charge in [-0.3, -0.25) is 0 Å². The van der Waals surface area contributed by atoms with Gasteiger partial charge in [0, 0.05) is 47.8 Å². The Balaban J connectivity index is 0.929. The molecular weight excluding hydrogens is 783 g/mol. The maximum absolute atomic E-state index is 5.43. The highest BCUT2D eigenvalue weighted by Gasteiger charge is 2.18. The van der Waals surface area contributed by atoms with E-state index in [2.05, 4.69) is 212 Å². The maximum Gasteiger partial charge on any atom is 0.160 e. The summed E-state index contributed by atoms with van der Waals surface area (Å²) in [5.74, 6) is 0.689. The van der Waals surface area contributed by atoms with Crippen molar-refractivity contribution in [1.82, 2.24) is 15.0 Å². The molecule has 3 heterocycles. The van der Waals surface area contributed by atoms with E-state index >= 15 is 0 Å². The van der Waals surface area contributed by atoms with Crippen molar-refractivity contribution in [2.45, 2.75) is 0 Å². The Hall–Kier alpha value is -8.05. The van der Waals surface area contributed by atoms with E-state index in [-0.39, 0.29) is 0 Å². The van der Waals surface area contributed by atoms with E-state index in [0.29, 0.717) is 5.82 Å². The average molecular weight is 820 g/mol. The van der Waals surface area contributed by atoms with Gasteiger partial charge in [-0.05, 0) is 74.5 Å². The predicted octanol–water partition coefficient (Wildman–Crippen LogP) is 16.2. The smallest absolute Gasteiger partial charge is 0.160 e. The summed E-state index contributed by atoms with van der Waals surface area (Å²) in [5.41, 5.74) is 14.9. The van der Waals surface area contributed by atoms with Crippen LogP contribution >= 0.6 is 11.3 Å². The van der Waals surface area contributed by atoms with Crippen molar-refractivity contribution >= 4 is 53.2 Å². The third-order valence-corrected chi connectivity index (χ3v) is 13.3. The second-order valence-corrected chi connectivity index (χ2v) is 17.0. The SMILES string of the molecule is c1ccc(-c2ccc(-c3cc(-c4ccc(-c5cccc(-c6nc7cc8ccccc8cc7c7sc8ccccc8c67)c5)cc4)nc(-c4ccc(-c5ccccc5)cc4)n3)cc2)cc1. The molecule has 0 radical (unpaired) electrons. The summed E-state index contributed by atoms with van der Waals surface area (Å²) >= 11 is 1.86. The van der Waals surface area contributed by atoms with Crippen molar-refractivity contribution in [2.75, 3.05) is 0 Å². The lowest BCUT2D eigenvalue weighted by Gasteiger charge is -2.12. The van der Waals surface area contributed by atoms with Gasteiger partial charge >= 0.3 is 0 Å². The molecule has 3 nitrogen and oxygen atoms in total. The molecule has 0 bridgehead atoms. The summed E-state index contributed by atoms with van der Waals surface area (Å²) in [6.07, 6.45) is 0. The van der Waals surface area contributed by atoms with Crippen LogP contribution in [0.5, 0.6) is 0 Å². The molecule has 0 aliphatic rings. The standard InChI is InChI=1S/C59H37N3S/c1-3-12-38(13-4-1)40-22-28-43(29-23-40)52-37-53(62-59(61-52)45-32-26-41(27-33-45)39-14-5-2-6-15-39)44-30-24-42(25-31-44)46-18-11-19-49(34-46)57-56-50-20-9-10-21-55(50)63-58(56)51-35-47-16-7-8-17-48(47)36-54(51)60-57/h1-37H. The molecular formula is C59H37N3S. The molecule has 0 amide bonds. The van der Waals surface area contributed by atoms with Crippen molar-refractivity contribution in [3.05, 3.63) is 224 Å². The predicted molar refractivity (Wildman–Crippen MR) is 266 cm³/mol. The molecule has 0 N–H and O–H groups in total. The second kappa shape index (κ2) is 15.4. The van der Waals surface area contributed by atoms with E-state index in [1.54, 1.807) is 0 Å². The van der Waals surface area contributed by atoms with Crippen LogP contribution < -0.4 is 0 Å². The molecule has 294 valence electrons. The summed E-state index contributed by atoms with van der Waals surface area (Å²) in [7, 11) is 0. The quantitative estimate of drug-likeness (QED) is 0.150. The largest absolute Gasteiger partial charge is 0.247 e. The molecule has 63 heavy (non-hydrogen) atoms. The molecule has 0 aliphatic heterocycles. The molecule has 0 fully saturated rings. The fourth-order valence-corrected chi connectivity index (χ4v) is 10.0. The van der Waals surface area contributed by atoms with Crippen LogP contribution in [0.15, 0.2) is 224 Å². The van der Waals surface area contributed by atoms with Gasteiger partial charge in [-0.2, -0.15) is 0 Å². The molecule has 0 unspecified atom stereocenters. The van der Waals surface area contributed by atoms with Crippen molar-refractivity contribution in [2.24, 2.45) is 0 Å². The van der Waals surface area contributed by atoms with Crippen molar-refractivity contribution < 1.29 is 0 Å². The number of rotatable bonds is 7. The zero-order valence-corrected chi connectivity index (χ0v) is 34.9. The zero-order chi connectivity index (χ0) is 41.7. The van der Waals surface area contributed by atoms with E-state index in [4.69, 9.17) is 15.0 Å². The number of aromatic nitrogens is 3. The average Bonchev–Trinajstić information content (AvgIpc) is 3.76. The lowest BCUT2D eigenvalue weighted by molar-refractivity contribution is 1.18. The van der Waals surface area contributed by atoms with E-state index in [9.17, 15) is 0 Å². The lowest BCUT2D eigenvalue weighted by atomic mass is 9.97. The number of thiophene rings is 1. The summed E-state index contributed by atoms with van der Waals surface area (Å²) in [4.78, 5) is 15.8. The van der Waals surface area contributed by atoms with Crippen LogP contribution in [0.1, 0.15) is 0 Å². The van der Waals surface area contributed by atoms with Gasteiger partial charge in [0.2, 0.25) is 0 Å². The van der Waals surface area contributed by atoms with E-state index in [0.717, 1.165) is 61.5 Å². The zero-order valence-electron chi connectivity index (χ0n) is 34.1. The Bertz CT molecular complexity index is 3530. The third kappa shape index (κ3) is 6.84.